The maximum absolute atomic E-state index is 13.2. The number of hydrogen-bond donors (Lipinski definition) is 1. The van der Waals surface area contributed by atoms with Crippen LogP contribution in [0.5, 0.6) is 0 Å². The Kier molecular flexibility index (Phi) is 6.80. The van der Waals surface area contributed by atoms with Crippen molar-refractivity contribution in [2.45, 2.75) is 11.8 Å². The van der Waals surface area contributed by atoms with Gasteiger partial charge in [-0.15, -0.1) is 0 Å². The molecule has 1 heterocycles. The lowest BCUT2D eigenvalue weighted by Crippen LogP contribution is -2.33. The van der Waals surface area contributed by atoms with E-state index in [0.717, 1.165) is 16.1 Å². The number of fused-ring (bicyclic) bond motifs is 1. The summed E-state index contributed by atoms with van der Waals surface area (Å²) in [6.07, 6.45) is 3.05. The van der Waals surface area contributed by atoms with Crippen molar-refractivity contribution in [3.8, 4) is 0 Å². The van der Waals surface area contributed by atoms with Gasteiger partial charge >= 0.3 is 0 Å². The summed E-state index contributed by atoms with van der Waals surface area (Å²) in [6, 6.07) is 10.4. The van der Waals surface area contributed by atoms with Crippen LogP contribution in [0.4, 0.5) is 5.69 Å². The normalized spacial score (nSPS) is 11.4. The Morgan fingerprint density at radius 3 is 2.33 bits per heavy atom. The van der Waals surface area contributed by atoms with Crippen molar-refractivity contribution in [2.24, 2.45) is 0 Å². The van der Waals surface area contributed by atoms with Gasteiger partial charge in [-0.05, 0) is 30.3 Å². The van der Waals surface area contributed by atoms with E-state index < -0.39 is 10.0 Å². The number of ketones is 1. The van der Waals surface area contributed by atoms with Crippen LogP contribution in [-0.4, -0.2) is 53.3 Å². The Bertz CT molecular complexity index is 1180. The van der Waals surface area contributed by atoms with E-state index in [1.165, 1.54) is 37.4 Å². The summed E-state index contributed by atoms with van der Waals surface area (Å²) >= 11 is 0.900. The first kappa shape index (κ1) is 21.9. The number of carbonyl (C=O) groups is 2. The maximum Gasteiger partial charge on any atom is 0.264 e. The molecule has 3 aromatic rings. The number of hydrogen-bond acceptors (Lipinski definition) is 8. The van der Waals surface area contributed by atoms with E-state index in [1.54, 1.807) is 24.4 Å². The van der Waals surface area contributed by atoms with Crippen LogP contribution >= 0.6 is 11.8 Å². The average Bonchev–Trinajstić information content (AvgIpc) is 2.75. The van der Waals surface area contributed by atoms with Crippen molar-refractivity contribution in [1.82, 2.24) is 9.97 Å². The Hall–Kier alpha value is -2.82. The lowest BCUT2D eigenvalue weighted by molar-refractivity contribution is -0.109. The van der Waals surface area contributed by atoms with E-state index in [1.807, 2.05) is 0 Å². The molecule has 10 heteroatoms. The summed E-state index contributed by atoms with van der Waals surface area (Å²) in [5.74, 6) is -0.268. The van der Waals surface area contributed by atoms with E-state index >= 15 is 0 Å². The quantitative estimate of drug-likeness (QED) is 0.525. The minimum absolute atomic E-state index is 0.00378. The lowest BCUT2D eigenvalue weighted by Gasteiger charge is -2.24. The molecule has 0 spiro atoms. The standard InChI is InChI=1S/C20H19N3O5S2/c1-14(25)29-13-20(26)15-2-5-17(6-3-15)30(27,28)23(10-11-24)16-4-7-18-19(12-16)22-9-8-21-18/h2-9,12,24H,10-11,13H2,1H3. The van der Waals surface area contributed by atoms with Crippen LogP contribution in [0.15, 0.2) is 59.8 Å². The zero-order valence-corrected chi connectivity index (χ0v) is 17.7. The number of benzene rings is 2. The fraction of sp³-hybridized carbons (Fsp3) is 0.200. The third kappa shape index (κ3) is 4.84. The summed E-state index contributed by atoms with van der Waals surface area (Å²) in [5.41, 5.74) is 1.80. The number of anilines is 1. The van der Waals surface area contributed by atoms with Gasteiger partial charge in [0.05, 0.1) is 40.5 Å². The largest absolute Gasteiger partial charge is 0.394 e. The first-order valence-corrected chi connectivity index (χ1v) is 11.4. The third-order valence-corrected chi connectivity index (χ3v) is 6.87. The molecule has 1 aromatic heterocycles. The Labute approximate surface area is 178 Å². The number of rotatable bonds is 8. The second-order valence-electron chi connectivity index (χ2n) is 6.26. The molecular formula is C20H19N3O5S2. The smallest absolute Gasteiger partial charge is 0.264 e. The van der Waals surface area contributed by atoms with Gasteiger partial charge in [-0.25, -0.2) is 8.42 Å². The van der Waals surface area contributed by atoms with E-state index in [4.69, 9.17) is 0 Å². The van der Waals surface area contributed by atoms with Gasteiger partial charge in [0.15, 0.2) is 10.9 Å². The number of aliphatic hydroxyl groups is 1. The topological polar surface area (TPSA) is 118 Å². The second-order valence-corrected chi connectivity index (χ2v) is 9.27. The van der Waals surface area contributed by atoms with Crippen molar-refractivity contribution in [3.05, 3.63) is 60.4 Å². The zero-order valence-electron chi connectivity index (χ0n) is 16.1. The molecule has 30 heavy (non-hydrogen) atoms. The van der Waals surface area contributed by atoms with Crippen LogP contribution in [0, 0.1) is 0 Å². The van der Waals surface area contributed by atoms with E-state index in [2.05, 4.69) is 9.97 Å². The molecule has 0 atom stereocenters. The third-order valence-electron chi connectivity index (χ3n) is 4.21. The number of nitrogens with zero attached hydrogens (tertiary/aromatic N) is 3. The maximum atomic E-state index is 13.2. The predicted octanol–water partition coefficient (Wildman–Crippen LogP) is 2.28. The van der Waals surface area contributed by atoms with Gasteiger partial charge in [-0.2, -0.15) is 0 Å². The van der Waals surface area contributed by atoms with Crippen molar-refractivity contribution in [2.75, 3.05) is 23.2 Å². The molecule has 0 aliphatic rings. The first-order valence-electron chi connectivity index (χ1n) is 8.94. The summed E-state index contributed by atoms with van der Waals surface area (Å²) in [7, 11) is -4.00. The summed E-state index contributed by atoms with van der Waals surface area (Å²) in [5, 5.41) is 9.27. The summed E-state index contributed by atoms with van der Waals surface area (Å²) < 4.78 is 27.5. The molecule has 0 fully saturated rings. The molecule has 0 aliphatic carbocycles. The Morgan fingerprint density at radius 1 is 1.03 bits per heavy atom. The second kappa shape index (κ2) is 9.33. The minimum Gasteiger partial charge on any atom is -0.394 e. The molecule has 0 saturated carbocycles. The van der Waals surface area contributed by atoms with Gasteiger partial charge in [0, 0.05) is 24.9 Å². The first-order chi connectivity index (χ1) is 14.3. The van der Waals surface area contributed by atoms with E-state index in [9.17, 15) is 23.1 Å². The van der Waals surface area contributed by atoms with Crippen LogP contribution in [0.3, 0.4) is 0 Å². The van der Waals surface area contributed by atoms with Gasteiger partial charge in [-0.3, -0.25) is 23.9 Å². The number of Topliss-reactive ketones (excluding diaryl/α,β-unsaturated/α-hetero) is 1. The SMILES string of the molecule is CC(=O)SCC(=O)c1ccc(S(=O)(=O)N(CCO)c2ccc3nccnc3c2)cc1. The Morgan fingerprint density at radius 2 is 1.70 bits per heavy atom. The summed E-state index contributed by atoms with van der Waals surface area (Å²) in [4.78, 5) is 31.5. The number of thioether (sulfide) groups is 1. The van der Waals surface area contributed by atoms with Crippen LogP contribution in [0.1, 0.15) is 17.3 Å². The molecule has 0 aliphatic heterocycles. The van der Waals surface area contributed by atoms with Gasteiger partial charge in [0.2, 0.25) is 0 Å². The number of aromatic nitrogens is 2. The zero-order chi connectivity index (χ0) is 21.7. The van der Waals surface area contributed by atoms with Gasteiger partial charge < -0.3 is 5.11 Å². The fourth-order valence-corrected chi connectivity index (χ4v) is 4.72. The van der Waals surface area contributed by atoms with Gasteiger partial charge in [0.1, 0.15) is 0 Å². The molecule has 0 saturated heterocycles. The molecule has 2 aromatic carbocycles. The molecule has 156 valence electrons. The van der Waals surface area contributed by atoms with Crippen molar-refractivity contribution in [3.63, 3.8) is 0 Å². The molecule has 0 bridgehead atoms. The predicted molar refractivity (Wildman–Crippen MR) is 115 cm³/mol. The molecule has 0 amide bonds. The fourth-order valence-electron chi connectivity index (χ4n) is 2.78. The number of sulfonamides is 1. The van der Waals surface area contributed by atoms with Gasteiger partial charge in [0.25, 0.3) is 10.0 Å². The number of carbonyl (C=O) groups excluding carboxylic acids is 2. The highest BCUT2D eigenvalue weighted by atomic mass is 32.2. The highest BCUT2D eigenvalue weighted by molar-refractivity contribution is 8.14. The molecule has 0 unspecified atom stereocenters. The van der Waals surface area contributed by atoms with Crippen molar-refractivity contribution < 1.29 is 23.1 Å². The number of aliphatic hydroxyl groups excluding tert-OH is 1. The van der Waals surface area contributed by atoms with Crippen LogP contribution in [0.25, 0.3) is 11.0 Å². The highest BCUT2D eigenvalue weighted by Crippen LogP contribution is 2.26. The molecular weight excluding hydrogens is 426 g/mol. The Balaban J connectivity index is 1.91. The van der Waals surface area contributed by atoms with Crippen LogP contribution < -0.4 is 4.31 Å². The molecule has 0 radical (unpaired) electrons. The summed E-state index contributed by atoms with van der Waals surface area (Å²) in [6.45, 7) is 0.850. The molecule has 3 rings (SSSR count). The van der Waals surface area contributed by atoms with Crippen molar-refractivity contribution in [1.29, 1.82) is 0 Å². The minimum atomic E-state index is -4.00. The van der Waals surface area contributed by atoms with E-state index in [0.29, 0.717) is 22.3 Å². The van der Waals surface area contributed by atoms with Crippen molar-refractivity contribution >= 4 is 49.4 Å². The highest BCUT2D eigenvalue weighted by Gasteiger charge is 2.25. The molecule has 8 nitrogen and oxygen atoms in total. The lowest BCUT2D eigenvalue weighted by atomic mass is 10.1. The van der Waals surface area contributed by atoms with Crippen LogP contribution in [-0.2, 0) is 14.8 Å². The molecule has 1 N–H and O–H groups in total. The average molecular weight is 446 g/mol. The van der Waals surface area contributed by atoms with E-state index in [-0.39, 0.29) is 34.7 Å². The van der Waals surface area contributed by atoms with Crippen LogP contribution in [0.2, 0.25) is 0 Å². The van der Waals surface area contributed by atoms with Gasteiger partial charge in [-0.1, -0.05) is 23.9 Å². The monoisotopic (exact) mass is 445 g/mol.